The lowest BCUT2D eigenvalue weighted by molar-refractivity contribution is -0.141. The molecule has 2 unspecified atom stereocenters. The Morgan fingerprint density at radius 2 is 2.16 bits per heavy atom. The number of aliphatic hydroxyl groups excluding tert-OH is 1. The summed E-state index contributed by atoms with van der Waals surface area (Å²) in [4.78, 5) is 26.7. The van der Waals surface area contributed by atoms with Crippen molar-refractivity contribution in [2.45, 2.75) is 19.1 Å². The molecule has 3 N–H and O–H groups in total. The van der Waals surface area contributed by atoms with E-state index >= 15 is 0 Å². The van der Waals surface area contributed by atoms with Crippen molar-refractivity contribution >= 4 is 23.0 Å². The number of aliphatic carboxylic acids is 1. The summed E-state index contributed by atoms with van der Waals surface area (Å²) in [5.74, 6) is -1.90. The second kappa shape index (κ2) is 5.07. The summed E-state index contributed by atoms with van der Waals surface area (Å²) >= 11 is 0. The molecule has 1 aromatic heterocycles. The van der Waals surface area contributed by atoms with E-state index < -0.39 is 24.0 Å². The number of hydrogen-bond acceptors (Lipinski definition) is 5. The Hall–Kier alpha value is -2.41. The molecule has 7 nitrogen and oxygen atoms in total. The van der Waals surface area contributed by atoms with Crippen LogP contribution < -0.4 is 5.32 Å². The maximum Gasteiger partial charge on any atom is 0.328 e. The highest BCUT2D eigenvalue weighted by Gasteiger charge is 2.25. The minimum Gasteiger partial charge on any atom is -0.480 e. The molecule has 2 atom stereocenters. The SMILES string of the molecule is CC(O)C(NC(=O)c1ccc2ocnc2c1)C(=O)O. The third kappa shape index (κ3) is 2.71. The monoisotopic (exact) mass is 264 g/mol. The van der Waals surface area contributed by atoms with Gasteiger partial charge in [0.15, 0.2) is 18.0 Å². The Balaban J connectivity index is 2.21. The van der Waals surface area contributed by atoms with Gasteiger partial charge in [-0.05, 0) is 25.1 Å². The number of nitrogens with one attached hydrogen (secondary N) is 1. The molecule has 2 rings (SSSR count). The summed E-state index contributed by atoms with van der Waals surface area (Å²) in [6.45, 7) is 1.29. The zero-order valence-electron chi connectivity index (χ0n) is 10.0. The summed E-state index contributed by atoms with van der Waals surface area (Å²) in [5.41, 5.74) is 1.27. The van der Waals surface area contributed by atoms with Crippen LogP contribution in [0.25, 0.3) is 11.1 Å². The molecule has 0 bridgehead atoms. The van der Waals surface area contributed by atoms with Gasteiger partial charge in [-0.2, -0.15) is 0 Å². The third-order valence-electron chi connectivity index (χ3n) is 2.63. The molecule has 0 saturated heterocycles. The second-order valence-electron chi connectivity index (χ2n) is 4.06. The van der Waals surface area contributed by atoms with Crippen LogP contribution in [0.2, 0.25) is 0 Å². The third-order valence-corrected chi connectivity index (χ3v) is 2.63. The van der Waals surface area contributed by atoms with Crippen LogP contribution in [-0.2, 0) is 4.79 Å². The minimum absolute atomic E-state index is 0.244. The molecule has 1 aromatic carbocycles. The Morgan fingerprint density at radius 3 is 2.79 bits per heavy atom. The number of carboxylic acid groups (broad SMARTS) is 1. The van der Waals surface area contributed by atoms with E-state index in [4.69, 9.17) is 9.52 Å². The maximum absolute atomic E-state index is 11.9. The lowest BCUT2D eigenvalue weighted by Crippen LogP contribution is -2.47. The summed E-state index contributed by atoms with van der Waals surface area (Å²) in [5, 5.41) is 20.4. The number of hydrogen-bond donors (Lipinski definition) is 3. The fraction of sp³-hybridized carbons (Fsp3) is 0.250. The summed E-state index contributed by atoms with van der Waals surface area (Å²) in [6, 6.07) is 3.18. The normalized spacial score (nSPS) is 14.0. The van der Waals surface area contributed by atoms with Gasteiger partial charge < -0.3 is 19.9 Å². The van der Waals surface area contributed by atoms with Gasteiger partial charge >= 0.3 is 5.97 Å². The molecular weight excluding hydrogens is 252 g/mol. The van der Waals surface area contributed by atoms with Gasteiger partial charge in [0.25, 0.3) is 5.91 Å². The van der Waals surface area contributed by atoms with E-state index in [-0.39, 0.29) is 5.56 Å². The molecule has 19 heavy (non-hydrogen) atoms. The number of aliphatic hydroxyl groups is 1. The highest BCUT2D eigenvalue weighted by molar-refractivity contribution is 5.99. The number of carboxylic acids is 1. The van der Waals surface area contributed by atoms with E-state index in [1.807, 2.05) is 0 Å². The largest absolute Gasteiger partial charge is 0.480 e. The highest BCUT2D eigenvalue weighted by Crippen LogP contribution is 2.14. The smallest absolute Gasteiger partial charge is 0.328 e. The number of aromatic nitrogens is 1. The number of nitrogens with zero attached hydrogens (tertiary/aromatic N) is 1. The highest BCUT2D eigenvalue weighted by atomic mass is 16.4. The van der Waals surface area contributed by atoms with Crippen LogP contribution in [0.15, 0.2) is 29.0 Å². The van der Waals surface area contributed by atoms with Crippen LogP contribution in [0, 0.1) is 0 Å². The molecular formula is C12H12N2O5. The number of amides is 1. The first-order valence-electron chi connectivity index (χ1n) is 5.54. The number of benzene rings is 1. The molecule has 0 aliphatic rings. The quantitative estimate of drug-likeness (QED) is 0.736. The van der Waals surface area contributed by atoms with Gasteiger partial charge in [0, 0.05) is 5.56 Å². The zero-order valence-corrected chi connectivity index (χ0v) is 10.0. The molecule has 1 amide bonds. The Bertz CT molecular complexity index is 619. The topological polar surface area (TPSA) is 113 Å². The van der Waals surface area contributed by atoms with Gasteiger partial charge in [-0.15, -0.1) is 0 Å². The molecule has 0 saturated carbocycles. The van der Waals surface area contributed by atoms with Gasteiger partial charge in [0.05, 0.1) is 6.10 Å². The van der Waals surface area contributed by atoms with Crippen molar-refractivity contribution in [2.24, 2.45) is 0 Å². The van der Waals surface area contributed by atoms with Gasteiger partial charge in [-0.1, -0.05) is 0 Å². The Labute approximate surface area is 107 Å². The van der Waals surface area contributed by atoms with Crippen molar-refractivity contribution in [3.05, 3.63) is 30.2 Å². The van der Waals surface area contributed by atoms with E-state index in [0.717, 1.165) is 0 Å². The predicted molar refractivity (Wildman–Crippen MR) is 64.6 cm³/mol. The van der Waals surface area contributed by atoms with Gasteiger partial charge in [-0.25, -0.2) is 9.78 Å². The van der Waals surface area contributed by atoms with E-state index in [2.05, 4.69) is 10.3 Å². The summed E-state index contributed by atoms with van der Waals surface area (Å²) in [7, 11) is 0. The maximum atomic E-state index is 11.9. The van der Waals surface area contributed by atoms with E-state index in [1.54, 1.807) is 6.07 Å². The number of carbonyl (C=O) groups is 2. The summed E-state index contributed by atoms with van der Waals surface area (Å²) < 4.78 is 5.03. The number of carbonyl (C=O) groups excluding carboxylic acids is 1. The van der Waals surface area contributed by atoms with E-state index in [9.17, 15) is 14.7 Å². The van der Waals surface area contributed by atoms with Crippen LogP contribution in [0.4, 0.5) is 0 Å². The number of oxazole rings is 1. The average molecular weight is 264 g/mol. The Morgan fingerprint density at radius 1 is 1.42 bits per heavy atom. The molecule has 100 valence electrons. The predicted octanol–water partition coefficient (Wildman–Crippen LogP) is 0.392. The first kappa shape index (κ1) is 13.0. The van der Waals surface area contributed by atoms with Crippen LogP contribution in [0.5, 0.6) is 0 Å². The van der Waals surface area contributed by atoms with Crippen LogP contribution >= 0.6 is 0 Å². The van der Waals surface area contributed by atoms with Crippen LogP contribution in [0.1, 0.15) is 17.3 Å². The minimum atomic E-state index is -1.36. The van der Waals surface area contributed by atoms with Crippen molar-refractivity contribution in [2.75, 3.05) is 0 Å². The van der Waals surface area contributed by atoms with Gasteiger partial charge in [0.2, 0.25) is 0 Å². The van der Waals surface area contributed by atoms with Gasteiger partial charge in [-0.3, -0.25) is 4.79 Å². The van der Waals surface area contributed by atoms with Crippen molar-refractivity contribution in [1.82, 2.24) is 10.3 Å². The fourth-order valence-corrected chi connectivity index (χ4v) is 1.61. The lowest BCUT2D eigenvalue weighted by Gasteiger charge is -2.16. The molecule has 0 spiro atoms. The standard InChI is InChI=1S/C12H12N2O5/c1-6(15)10(12(17)18)14-11(16)7-2-3-9-8(4-7)13-5-19-9/h2-6,10,15H,1H3,(H,14,16)(H,17,18). The fourth-order valence-electron chi connectivity index (χ4n) is 1.61. The van der Waals surface area contributed by atoms with E-state index in [0.29, 0.717) is 11.1 Å². The first-order valence-corrected chi connectivity index (χ1v) is 5.54. The Kier molecular flexibility index (Phi) is 3.48. The molecule has 0 fully saturated rings. The molecule has 0 aliphatic carbocycles. The second-order valence-corrected chi connectivity index (χ2v) is 4.06. The van der Waals surface area contributed by atoms with E-state index in [1.165, 1.54) is 25.5 Å². The van der Waals surface area contributed by atoms with Crippen molar-refractivity contribution < 1.29 is 24.2 Å². The van der Waals surface area contributed by atoms with Crippen molar-refractivity contribution in [3.8, 4) is 0 Å². The summed E-state index contributed by atoms with van der Waals surface area (Å²) in [6.07, 6.45) is 0.0552. The van der Waals surface area contributed by atoms with Crippen molar-refractivity contribution in [3.63, 3.8) is 0 Å². The van der Waals surface area contributed by atoms with Crippen molar-refractivity contribution in [1.29, 1.82) is 0 Å². The van der Waals surface area contributed by atoms with Crippen LogP contribution in [-0.4, -0.2) is 39.2 Å². The molecule has 0 radical (unpaired) electrons. The van der Waals surface area contributed by atoms with Gasteiger partial charge in [0.1, 0.15) is 5.52 Å². The molecule has 1 heterocycles. The first-order chi connectivity index (χ1) is 8.99. The zero-order chi connectivity index (χ0) is 14.0. The molecule has 7 heteroatoms. The van der Waals surface area contributed by atoms with Crippen LogP contribution in [0.3, 0.4) is 0 Å². The molecule has 2 aromatic rings. The lowest BCUT2D eigenvalue weighted by atomic mass is 10.1. The number of fused-ring (bicyclic) bond motifs is 1. The molecule has 0 aliphatic heterocycles. The number of rotatable bonds is 4. The average Bonchev–Trinajstić information content (AvgIpc) is 2.81.